The minimum Gasteiger partial charge on any atom is -0.318 e. The molecule has 2 heterocycles. The van der Waals surface area contributed by atoms with E-state index in [0.29, 0.717) is 11.4 Å². The molecule has 4 nitrogen and oxygen atoms in total. The lowest BCUT2D eigenvalue weighted by atomic mass is 10.1. The zero-order chi connectivity index (χ0) is 21.4. The molecule has 0 unspecified atom stereocenters. The van der Waals surface area contributed by atoms with Gasteiger partial charge in [-0.1, -0.05) is 42.0 Å². The van der Waals surface area contributed by atoms with Gasteiger partial charge in [-0.05, 0) is 80.4 Å². The van der Waals surface area contributed by atoms with E-state index < -0.39 is 0 Å². The number of thioether (sulfide) groups is 1. The maximum atomic E-state index is 13.0. The number of aryl methyl sites for hydroxylation is 3. The van der Waals surface area contributed by atoms with Crippen LogP contribution in [0.5, 0.6) is 0 Å². The van der Waals surface area contributed by atoms with E-state index in [1.54, 1.807) is 0 Å². The third-order valence-electron chi connectivity index (χ3n) is 5.51. The average molecular weight is 417 g/mol. The van der Waals surface area contributed by atoms with Gasteiger partial charge in [-0.25, -0.2) is 0 Å². The predicted molar refractivity (Wildman–Crippen MR) is 123 cm³/mol. The largest absolute Gasteiger partial charge is 0.318 e. The Kier molecular flexibility index (Phi) is 5.39. The second-order valence-corrected chi connectivity index (χ2v) is 8.68. The van der Waals surface area contributed by atoms with Crippen LogP contribution in [-0.4, -0.2) is 20.6 Å². The van der Waals surface area contributed by atoms with Crippen molar-refractivity contribution in [3.63, 3.8) is 0 Å². The van der Waals surface area contributed by atoms with E-state index in [1.165, 1.54) is 10.5 Å². The molecule has 0 atom stereocenters. The highest BCUT2D eigenvalue weighted by molar-refractivity contribution is 8.18. The fourth-order valence-electron chi connectivity index (χ4n) is 3.76. The molecule has 1 saturated heterocycles. The Labute approximate surface area is 181 Å². The van der Waals surface area contributed by atoms with Crippen LogP contribution in [0.25, 0.3) is 11.8 Å². The molecule has 3 aromatic rings. The Morgan fingerprint density at radius 2 is 1.63 bits per heavy atom. The van der Waals surface area contributed by atoms with Crippen molar-refractivity contribution in [2.45, 2.75) is 34.2 Å². The average Bonchev–Trinajstić information content (AvgIpc) is 3.14. The van der Waals surface area contributed by atoms with Crippen molar-refractivity contribution in [1.82, 2.24) is 9.47 Å². The summed E-state index contributed by atoms with van der Waals surface area (Å²) in [6.07, 6.45) is 1.84. The van der Waals surface area contributed by atoms with Crippen LogP contribution >= 0.6 is 11.8 Å². The lowest BCUT2D eigenvalue weighted by Crippen LogP contribution is -2.27. The van der Waals surface area contributed by atoms with Gasteiger partial charge in [-0.15, -0.1) is 0 Å². The Hall–Kier alpha value is -3.05. The summed E-state index contributed by atoms with van der Waals surface area (Å²) in [5.41, 5.74) is 7.44. The van der Waals surface area contributed by atoms with E-state index in [9.17, 15) is 9.59 Å². The summed E-state index contributed by atoms with van der Waals surface area (Å²) in [4.78, 5) is 27.3. The van der Waals surface area contributed by atoms with Crippen molar-refractivity contribution in [1.29, 1.82) is 0 Å². The molecule has 0 radical (unpaired) electrons. The van der Waals surface area contributed by atoms with Crippen LogP contribution in [0.2, 0.25) is 0 Å². The van der Waals surface area contributed by atoms with Crippen molar-refractivity contribution in [3.8, 4) is 5.69 Å². The van der Waals surface area contributed by atoms with Gasteiger partial charge >= 0.3 is 0 Å². The Balaban J connectivity index is 1.63. The molecule has 5 heteroatoms. The van der Waals surface area contributed by atoms with Crippen LogP contribution in [-0.2, 0) is 11.3 Å². The quantitative estimate of drug-likeness (QED) is 0.494. The van der Waals surface area contributed by atoms with Crippen LogP contribution in [0.15, 0.2) is 59.5 Å². The van der Waals surface area contributed by atoms with Gasteiger partial charge in [-0.2, -0.15) is 0 Å². The van der Waals surface area contributed by atoms with Gasteiger partial charge in [0.25, 0.3) is 11.1 Å². The Morgan fingerprint density at radius 1 is 0.933 bits per heavy atom. The highest BCUT2D eigenvalue weighted by atomic mass is 32.2. The first-order valence-electron chi connectivity index (χ1n) is 9.91. The molecule has 2 aromatic carbocycles. The summed E-state index contributed by atoms with van der Waals surface area (Å²) in [6, 6.07) is 18.2. The smallest absolute Gasteiger partial charge is 0.293 e. The number of rotatable bonds is 4. The number of hydrogen-bond acceptors (Lipinski definition) is 3. The normalized spacial score (nSPS) is 15.5. The molecular weight excluding hydrogens is 392 g/mol. The van der Waals surface area contributed by atoms with Gasteiger partial charge in [0.2, 0.25) is 0 Å². The van der Waals surface area contributed by atoms with Crippen molar-refractivity contribution in [2.24, 2.45) is 0 Å². The van der Waals surface area contributed by atoms with Gasteiger partial charge in [0.1, 0.15) is 0 Å². The first-order valence-corrected chi connectivity index (χ1v) is 10.7. The number of carbonyl (C=O) groups excluding carboxylic acids is 2. The molecular formula is C25H24N2O2S. The number of nitrogens with zero attached hydrogens (tertiary/aromatic N) is 2. The summed E-state index contributed by atoms with van der Waals surface area (Å²) in [5, 5.41) is -0.221. The molecule has 0 bridgehead atoms. The molecule has 0 spiro atoms. The molecule has 1 aromatic heterocycles. The summed E-state index contributed by atoms with van der Waals surface area (Å²) >= 11 is 1.01. The number of carbonyl (C=O) groups is 2. The third-order valence-corrected chi connectivity index (χ3v) is 6.42. The van der Waals surface area contributed by atoms with Crippen molar-refractivity contribution < 1.29 is 9.59 Å². The van der Waals surface area contributed by atoms with Crippen LogP contribution in [0, 0.1) is 27.7 Å². The Bertz CT molecular complexity index is 1170. The first kappa shape index (κ1) is 20.2. The molecule has 2 amide bonds. The molecule has 1 aliphatic rings. The van der Waals surface area contributed by atoms with Gasteiger partial charge in [-0.3, -0.25) is 14.5 Å². The maximum absolute atomic E-state index is 13.0. The van der Waals surface area contributed by atoms with Crippen molar-refractivity contribution in [3.05, 3.63) is 93.1 Å². The molecule has 152 valence electrons. The summed E-state index contributed by atoms with van der Waals surface area (Å²) in [5.74, 6) is -0.228. The van der Waals surface area contributed by atoms with Gasteiger partial charge in [0, 0.05) is 17.1 Å². The zero-order valence-corrected chi connectivity index (χ0v) is 18.4. The molecule has 1 aliphatic heterocycles. The van der Waals surface area contributed by atoms with E-state index in [0.717, 1.165) is 45.5 Å². The molecule has 0 N–H and O–H groups in total. The predicted octanol–water partition coefficient (Wildman–Crippen LogP) is 5.95. The highest BCUT2D eigenvalue weighted by Crippen LogP contribution is 2.35. The molecule has 4 rings (SSSR count). The van der Waals surface area contributed by atoms with E-state index in [1.807, 2.05) is 51.1 Å². The lowest BCUT2D eigenvalue weighted by molar-refractivity contribution is -0.123. The molecule has 0 aliphatic carbocycles. The topological polar surface area (TPSA) is 42.3 Å². The second kappa shape index (κ2) is 8.00. The van der Waals surface area contributed by atoms with Crippen LogP contribution in [0.3, 0.4) is 0 Å². The number of aromatic nitrogens is 1. The van der Waals surface area contributed by atoms with Crippen LogP contribution in [0.4, 0.5) is 4.79 Å². The summed E-state index contributed by atoms with van der Waals surface area (Å²) < 4.78 is 2.17. The van der Waals surface area contributed by atoms with Crippen molar-refractivity contribution >= 4 is 29.0 Å². The van der Waals surface area contributed by atoms with E-state index in [4.69, 9.17) is 0 Å². The number of benzene rings is 2. The molecule has 30 heavy (non-hydrogen) atoms. The van der Waals surface area contributed by atoms with Crippen LogP contribution < -0.4 is 0 Å². The maximum Gasteiger partial charge on any atom is 0.293 e. The fraction of sp³-hybridized carbons (Fsp3) is 0.200. The monoisotopic (exact) mass is 416 g/mol. The second-order valence-electron chi connectivity index (χ2n) is 7.69. The third kappa shape index (κ3) is 3.73. The lowest BCUT2D eigenvalue weighted by Gasteiger charge is -2.14. The number of imide groups is 1. The van der Waals surface area contributed by atoms with Gasteiger partial charge in [0.15, 0.2) is 0 Å². The number of hydrogen-bond donors (Lipinski definition) is 0. The first-order chi connectivity index (χ1) is 14.3. The van der Waals surface area contributed by atoms with Gasteiger partial charge < -0.3 is 4.57 Å². The number of amides is 2. The zero-order valence-electron chi connectivity index (χ0n) is 17.6. The Morgan fingerprint density at radius 3 is 2.33 bits per heavy atom. The summed E-state index contributed by atoms with van der Waals surface area (Å²) in [7, 11) is 0. The molecule has 0 saturated carbocycles. The van der Waals surface area contributed by atoms with E-state index in [2.05, 4.69) is 41.8 Å². The van der Waals surface area contributed by atoms with Crippen LogP contribution in [0.1, 0.15) is 33.6 Å². The molecule has 1 fully saturated rings. The fourth-order valence-corrected chi connectivity index (χ4v) is 4.59. The SMILES string of the molecule is Cc1ccc(-n2c(C)cc(/C=C3\SC(=O)N(Cc4ccccc4C)C3=O)c2C)cc1. The minimum atomic E-state index is -0.228. The summed E-state index contributed by atoms with van der Waals surface area (Å²) in [6.45, 7) is 8.45. The van der Waals surface area contributed by atoms with Gasteiger partial charge in [0.05, 0.1) is 11.4 Å². The highest BCUT2D eigenvalue weighted by Gasteiger charge is 2.35. The minimum absolute atomic E-state index is 0.221. The van der Waals surface area contributed by atoms with Crippen molar-refractivity contribution in [2.75, 3.05) is 0 Å². The van der Waals surface area contributed by atoms with E-state index >= 15 is 0 Å². The standard InChI is InChI=1S/C25H24N2O2S/c1-16-9-11-22(12-10-16)27-18(3)13-21(19(27)4)14-23-24(28)26(25(29)30-23)15-20-8-6-5-7-17(20)2/h5-14H,15H2,1-4H3/b23-14-. The van der Waals surface area contributed by atoms with E-state index in [-0.39, 0.29) is 11.1 Å².